The van der Waals surface area contributed by atoms with Gasteiger partial charge in [-0.25, -0.2) is 0 Å². The highest BCUT2D eigenvalue weighted by Crippen LogP contribution is 2.52. The van der Waals surface area contributed by atoms with E-state index < -0.39 is 0 Å². The summed E-state index contributed by atoms with van der Waals surface area (Å²) in [4.78, 5) is 0. The van der Waals surface area contributed by atoms with Crippen molar-refractivity contribution in [2.45, 2.75) is 0 Å². The van der Waals surface area contributed by atoms with Crippen LogP contribution in [0.15, 0.2) is 182 Å². The SMILES string of the molecule is c1ccc2c(c1)Oc1cccc3c1B2c1cccc2c4c(c5c6ccc7c8c6n(c5c5c6ccc9c%10c6n(c45)-c4ccccc4B%10c4ccccc4O9)-c4ccccc4B8c4ccccc4O7)n-3c12. The molecular formula is C60H30B3N3O3. The van der Waals surface area contributed by atoms with E-state index in [0.717, 1.165) is 40.2 Å². The summed E-state index contributed by atoms with van der Waals surface area (Å²) in [5, 5.41) is 7.41. The largest absolute Gasteiger partial charge is 0.458 e. The summed E-state index contributed by atoms with van der Waals surface area (Å²) < 4.78 is 28.6. The van der Waals surface area contributed by atoms with Gasteiger partial charge in [0.15, 0.2) is 0 Å². The minimum absolute atomic E-state index is 0.00315. The number of ether oxygens (including phenoxy) is 3. The van der Waals surface area contributed by atoms with Gasteiger partial charge in [0.25, 0.3) is 20.1 Å². The number of para-hydroxylation sites is 6. The molecule has 0 fully saturated rings. The fourth-order valence-electron chi connectivity index (χ4n) is 14.5. The third kappa shape index (κ3) is 3.72. The van der Waals surface area contributed by atoms with Gasteiger partial charge in [0.05, 0.1) is 27.6 Å². The predicted molar refractivity (Wildman–Crippen MR) is 283 cm³/mol. The van der Waals surface area contributed by atoms with Crippen molar-refractivity contribution >= 4 is 135 Å². The van der Waals surface area contributed by atoms with Crippen LogP contribution in [0.3, 0.4) is 0 Å². The maximum absolute atomic E-state index is 6.94. The lowest BCUT2D eigenvalue weighted by Gasteiger charge is -2.33. The molecule has 0 aliphatic carbocycles. The van der Waals surface area contributed by atoms with Gasteiger partial charge in [0, 0.05) is 54.9 Å². The molecule has 0 radical (unpaired) electrons. The van der Waals surface area contributed by atoms with Crippen LogP contribution in [0.2, 0.25) is 0 Å². The van der Waals surface area contributed by atoms with Crippen LogP contribution in [0.5, 0.6) is 34.5 Å². The van der Waals surface area contributed by atoms with Gasteiger partial charge in [0.1, 0.15) is 34.5 Å². The van der Waals surface area contributed by atoms with E-state index in [0.29, 0.717) is 0 Å². The van der Waals surface area contributed by atoms with Gasteiger partial charge in [0.2, 0.25) is 0 Å². The molecule has 10 aromatic carbocycles. The molecule has 6 nitrogen and oxygen atoms in total. The van der Waals surface area contributed by atoms with Crippen molar-refractivity contribution in [1.29, 1.82) is 0 Å². The Morgan fingerprint density at radius 1 is 0.246 bits per heavy atom. The molecule has 6 aliphatic rings. The highest BCUT2D eigenvalue weighted by atomic mass is 16.5. The molecule has 13 aromatic rings. The van der Waals surface area contributed by atoms with E-state index in [1.807, 2.05) is 0 Å². The Morgan fingerprint density at radius 3 is 1.13 bits per heavy atom. The standard InChI is InChI=1S/C60H30B3N3O3/c1-6-20-40-34(14-1)61-36-16-3-8-23-43(36)68-47-29-27-32-50-58(64(40)56(32)53(47)61)49-31-13-11-19-39-55(31)66(42-22-12-26-46-52(42)63(39)38-18-5-10-25-45(38)67-46)60(49)51-33-28-30-48-54-57(33)65(59(50)51)41-21-7-2-15-35(41)62(54)37-17-4-9-24-44(37)69-48/h1-30H. The van der Waals surface area contributed by atoms with Gasteiger partial charge in [-0.2, -0.15) is 0 Å². The van der Waals surface area contributed by atoms with Crippen LogP contribution in [0, 0.1) is 0 Å². The highest BCUT2D eigenvalue weighted by molar-refractivity contribution is 7.01. The fourth-order valence-corrected chi connectivity index (χ4v) is 14.5. The number of hydrogen-bond acceptors (Lipinski definition) is 3. The number of aromatic nitrogens is 3. The normalized spacial score (nSPS) is 14.3. The molecule has 19 rings (SSSR count). The Morgan fingerprint density at radius 2 is 0.609 bits per heavy atom. The van der Waals surface area contributed by atoms with Crippen molar-refractivity contribution in [3.63, 3.8) is 0 Å². The summed E-state index contributed by atoms with van der Waals surface area (Å²) in [5.74, 6) is 5.51. The van der Waals surface area contributed by atoms with Crippen LogP contribution in [0.1, 0.15) is 0 Å². The lowest BCUT2D eigenvalue weighted by Crippen LogP contribution is -2.58. The zero-order valence-electron chi connectivity index (χ0n) is 36.6. The highest BCUT2D eigenvalue weighted by Gasteiger charge is 2.46. The van der Waals surface area contributed by atoms with Crippen LogP contribution >= 0.6 is 0 Å². The van der Waals surface area contributed by atoms with Crippen LogP contribution in [-0.2, 0) is 0 Å². The molecule has 0 unspecified atom stereocenters. The van der Waals surface area contributed by atoms with Crippen molar-refractivity contribution in [3.8, 4) is 51.6 Å². The quantitative estimate of drug-likeness (QED) is 0.146. The summed E-state index contributed by atoms with van der Waals surface area (Å²) in [7, 11) is 0. The van der Waals surface area contributed by atoms with E-state index in [1.54, 1.807) is 0 Å². The first-order valence-electron chi connectivity index (χ1n) is 24.0. The van der Waals surface area contributed by atoms with Gasteiger partial charge in [-0.3, -0.25) is 0 Å². The second kappa shape index (κ2) is 11.5. The van der Waals surface area contributed by atoms with Crippen molar-refractivity contribution < 1.29 is 14.2 Å². The molecule has 312 valence electrons. The summed E-state index contributed by atoms with van der Waals surface area (Å²) >= 11 is 0. The number of nitrogens with zero attached hydrogens (tertiary/aromatic N) is 3. The second-order valence-corrected chi connectivity index (χ2v) is 19.7. The van der Waals surface area contributed by atoms with E-state index >= 15 is 0 Å². The first kappa shape index (κ1) is 34.5. The summed E-state index contributed by atoms with van der Waals surface area (Å²) in [6.07, 6.45) is 0. The topological polar surface area (TPSA) is 42.5 Å². The molecule has 0 bridgehead atoms. The zero-order chi connectivity index (χ0) is 44.1. The lowest BCUT2D eigenvalue weighted by molar-refractivity contribution is 0.487. The Balaban J connectivity index is 1.11. The Kier molecular flexibility index (Phi) is 5.74. The van der Waals surface area contributed by atoms with Crippen molar-refractivity contribution in [2.75, 3.05) is 0 Å². The predicted octanol–water partition coefficient (Wildman–Crippen LogP) is 7.78. The van der Waals surface area contributed by atoms with Crippen LogP contribution < -0.4 is 63.4 Å². The first-order valence-corrected chi connectivity index (χ1v) is 24.0. The first-order chi connectivity index (χ1) is 34.3. The van der Waals surface area contributed by atoms with E-state index in [9.17, 15) is 0 Å². The molecule has 0 saturated carbocycles. The van der Waals surface area contributed by atoms with Crippen molar-refractivity contribution in [1.82, 2.24) is 13.7 Å². The van der Waals surface area contributed by atoms with Gasteiger partial charge < -0.3 is 27.9 Å². The van der Waals surface area contributed by atoms with E-state index in [-0.39, 0.29) is 20.1 Å². The van der Waals surface area contributed by atoms with Crippen LogP contribution in [-0.4, -0.2) is 33.8 Å². The Labute approximate surface area is 394 Å². The number of benzene rings is 10. The average Bonchev–Trinajstić information content (AvgIpc) is 4.06. The third-order valence-corrected chi connectivity index (χ3v) is 16.8. The van der Waals surface area contributed by atoms with Crippen molar-refractivity contribution in [3.05, 3.63) is 182 Å². The van der Waals surface area contributed by atoms with Crippen LogP contribution in [0.4, 0.5) is 0 Å². The average molecular weight is 873 g/mol. The molecule has 3 aromatic heterocycles. The van der Waals surface area contributed by atoms with Gasteiger partial charge >= 0.3 is 0 Å². The second-order valence-electron chi connectivity index (χ2n) is 19.7. The smallest absolute Gasteiger partial charge is 0.256 e. The summed E-state index contributed by atoms with van der Waals surface area (Å²) in [6, 6.07) is 67.0. The third-order valence-electron chi connectivity index (χ3n) is 16.8. The van der Waals surface area contributed by atoms with E-state index in [1.165, 1.54) is 126 Å². The van der Waals surface area contributed by atoms with Crippen LogP contribution in [0.25, 0.3) is 82.5 Å². The molecule has 69 heavy (non-hydrogen) atoms. The molecule has 9 heteroatoms. The molecular weight excluding hydrogens is 843 g/mol. The minimum atomic E-state index is 0.00315. The van der Waals surface area contributed by atoms with Crippen molar-refractivity contribution in [2.24, 2.45) is 0 Å². The number of fused-ring (bicyclic) bond motifs is 26. The maximum Gasteiger partial charge on any atom is 0.256 e. The fraction of sp³-hybridized carbons (Fsp3) is 0. The summed E-state index contributed by atoms with van der Waals surface area (Å²) in [6.45, 7) is 0.0117. The Hall–Kier alpha value is -8.81. The van der Waals surface area contributed by atoms with Gasteiger partial charge in [-0.15, -0.1) is 0 Å². The van der Waals surface area contributed by atoms with E-state index in [4.69, 9.17) is 14.2 Å². The zero-order valence-corrected chi connectivity index (χ0v) is 36.6. The Bertz CT molecular complexity index is 4700. The molecule has 0 spiro atoms. The maximum atomic E-state index is 6.94. The number of rotatable bonds is 0. The molecule has 0 amide bonds. The van der Waals surface area contributed by atoms with Gasteiger partial charge in [-0.05, 0) is 116 Å². The minimum Gasteiger partial charge on any atom is -0.458 e. The molecule has 0 saturated heterocycles. The van der Waals surface area contributed by atoms with Gasteiger partial charge in [-0.1, -0.05) is 115 Å². The van der Waals surface area contributed by atoms with E-state index in [2.05, 4.69) is 196 Å². The monoisotopic (exact) mass is 873 g/mol. The molecule has 9 heterocycles. The lowest BCUT2D eigenvalue weighted by atomic mass is 9.34. The number of hydrogen-bond donors (Lipinski definition) is 0. The summed E-state index contributed by atoms with van der Waals surface area (Å²) in [5.41, 5.74) is 22.0. The molecule has 0 N–H and O–H groups in total. The molecule has 0 atom stereocenters. The molecule has 6 aliphatic heterocycles.